The van der Waals surface area contributed by atoms with E-state index in [4.69, 9.17) is 0 Å². The Bertz CT molecular complexity index is 449. The van der Waals surface area contributed by atoms with Crippen LogP contribution in [0.3, 0.4) is 0 Å². The maximum absolute atomic E-state index is 12.6. The van der Waals surface area contributed by atoms with Crippen LogP contribution in [0.2, 0.25) is 0 Å². The van der Waals surface area contributed by atoms with Gasteiger partial charge in [-0.2, -0.15) is 18.2 Å². The number of nitrogens with zero attached hydrogens (tertiary/aromatic N) is 2. The number of rotatable bonds is 5. The summed E-state index contributed by atoms with van der Waals surface area (Å²) in [5, 5.41) is 7.44. The number of alkyl halides is 3. The minimum absolute atomic E-state index is 0.0677. The van der Waals surface area contributed by atoms with Gasteiger partial charge < -0.3 is 16.0 Å². The van der Waals surface area contributed by atoms with Crippen molar-refractivity contribution in [3.05, 3.63) is 11.8 Å². The van der Waals surface area contributed by atoms with Gasteiger partial charge in [-0.15, -0.1) is 0 Å². The predicted octanol–water partition coefficient (Wildman–Crippen LogP) is 1.09. The number of likely N-dealkylation sites (N-methyl/N-ethyl adjacent to an activating group) is 1. The molecule has 6 nitrogen and oxygen atoms in total. The van der Waals surface area contributed by atoms with E-state index in [1.807, 2.05) is 0 Å². The van der Waals surface area contributed by atoms with Crippen LogP contribution < -0.4 is 16.0 Å². The van der Waals surface area contributed by atoms with E-state index < -0.39 is 11.9 Å². The second-order valence-corrected chi connectivity index (χ2v) is 3.52. The van der Waals surface area contributed by atoms with Gasteiger partial charge in [0.15, 0.2) is 5.69 Å². The summed E-state index contributed by atoms with van der Waals surface area (Å²) >= 11 is 0. The van der Waals surface area contributed by atoms with Gasteiger partial charge in [0.2, 0.25) is 11.9 Å². The molecule has 0 aliphatic carbocycles. The normalized spacial score (nSPS) is 11.0. The summed E-state index contributed by atoms with van der Waals surface area (Å²) in [5.74, 6) is -0.573. The molecule has 0 aliphatic heterocycles. The number of carbonyl (C=O) groups is 1. The number of nitrogens with one attached hydrogen (secondary N) is 3. The van der Waals surface area contributed by atoms with Crippen molar-refractivity contribution in [3.63, 3.8) is 0 Å². The molecule has 1 amide bonds. The van der Waals surface area contributed by atoms with Crippen LogP contribution in [-0.4, -0.2) is 36.0 Å². The lowest BCUT2D eigenvalue weighted by Crippen LogP contribution is -2.26. The molecular weight excluding hydrogens is 263 g/mol. The highest BCUT2D eigenvalue weighted by atomic mass is 19.4. The van der Waals surface area contributed by atoms with Crippen LogP contribution in [0.25, 0.3) is 0 Å². The van der Waals surface area contributed by atoms with Crippen LogP contribution in [-0.2, 0) is 11.0 Å². The van der Waals surface area contributed by atoms with Crippen molar-refractivity contribution in [2.24, 2.45) is 0 Å². The second-order valence-electron chi connectivity index (χ2n) is 3.52. The molecular formula is C10H14F3N5O. The average molecular weight is 277 g/mol. The Balaban J connectivity index is 2.96. The van der Waals surface area contributed by atoms with Gasteiger partial charge in [-0.25, -0.2) is 4.98 Å². The van der Waals surface area contributed by atoms with E-state index in [-0.39, 0.29) is 24.2 Å². The highest BCUT2D eigenvalue weighted by Crippen LogP contribution is 2.29. The van der Waals surface area contributed by atoms with Gasteiger partial charge in [0.25, 0.3) is 0 Å². The van der Waals surface area contributed by atoms with Crippen molar-refractivity contribution in [1.82, 2.24) is 15.3 Å². The Morgan fingerprint density at radius 1 is 1.32 bits per heavy atom. The lowest BCUT2D eigenvalue weighted by molar-refractivity contribution is -0.141. The standard InChI is InChI=1S/C10H14F3N5O/c1-3-15-9-17-6(10(11,12)13)4-7(18-9)16-5-8(19)14-2/h4H,3,5H2,1-2H3,(H,14,19)(H2,15,16,17,18). The van der Waals surface area contributed by atoms with Crippen LogP contribution in [0.1, 0.15) is 12.6 Å². The Hall–Kier alpha value is -2.06. The number of carbonyl (C=O) groups excluding carboxylic acids is 1. The van der Waals surface area contributed by atoms with E-state index in [9.17, 15) is 18.0 Å². The lowest BCUT2D eigenvalue weighted by atomic mass is 10.3. The Morgan fingerprint density at radius 3 is 2.53 bits per heavy atom. The van der Waals surface area contributed by atoms with E-state index >= 15 is 0 Å². The first-order valence-corrected chi connectivity index (χ1v) is 5.51. The molecule has 0 unspecified atom stereocenters. The molecule has 1 aromatic rings. The van der Waals surface area contributed by atoms with Crippen LogP contribution in [0.5, 0.6) is 0 Å². The fourth-order valence-corrected chi connectivity index (χ4v) is 1.18. The Morgan fingerprint density at radius 2 is 2.00 bits per heavy atom. The van der Waals surface area contributed by atoms with E-state index in [0.29, 0.717) is 6.54 Å². The summed E-state index contributed by atoms with van der Waals surface area (Å²) < 4.78 is 37.9. The number of hydrogen-bond acceptors (Lipinski definition) is 5. The fourth-order valence-electron chi connectivity index (χ4n) is 1.18. The maximum Gasteiger partial charge on any atom is 0.433 e. The zero-order chi connectivity index (χ0) is 14.5. The van der Waals surface area contributed by atoms with Crippen molar-refractivity contribution < 1.29 is 18.0 Å². The van der Waals surface area contributed by atoms with Crippen LogP contribution in [0, 0.1) is 0 Å². The molecule has 0 aliphatic rings. The number of anilines is 2. The summed E-state index contributed by atoms with van der Waals surface area (Å²) in [6.07, 6.45) is -4.57. The largest absolute Gasteiger partial charge is 0.433 e. The first-order valence-electron chi connectivity index (χ1n) is 5.51. The SMILES string of the molecule is CCNc1nc(NCC(=O)NC)cc(C(F)(F)F)n1. The van der Waals surface area contributed by atoms with E-state index in [1.54, 1.807) is 6.92 Å². The van der Waals surface area contributed by atoms with E-state index in [2.05, 4.69) is 25.9 Å². The molecule has 0 saturated carbocycles. The lowest BCUT2D eigenvalue weighted by Gasteiger charge is -2.11. The maximum atomic E-state index is 12.6. The molecule has 106 valence electrons. The Labute approximate surface area is 107 Å². The summed E-state index contributed by atoms with van der Waals surface area (Å²) in [5.41, 5.74) is -1.07. The molecule has 3 N–H and O–H groups in total. The first kappa shape index (κ1) is 15.0. The summed E-state index contributed by atoms with van der Waals surface area (Å²) in [6, 6.07) is 0.754. The fraction of sp³-hybridized carbons (Fsp3) is 0.500. The van der Waals surface area contributed by atoms with Crippen LogP contribution in [0.4, 0.5) is 24.9 Å². The van der Waals surface area contributed by atoms with Gasteiger partial charge >= 0.3 is 6.18 Å². The summed E-state index contributed by atoms with van der Waals surface area (Å²) in [6.45, 7) is 1.92. The molecule has 0 saturated heterocycles. The van der Waals surface area contributed by atoms with Crippen molar-refractivity contribution in [2.75, 3.05) is 30.8 Å². The van der Waals surface area contributed by atoms with Crippen LogP contribution >= 0.6 is 0 Å². The van der Waals surface area contributed by atoms with Gasteiger partial charge in [0.05, 0.1) is 6.54 Å². The summed E-state index contributed by atoms with van der Waals surface area (Å²) in [4.78, 5) is 18.2. The average Bonchev–Trinajstić information content (AvgIpc) is 2.35. The van der Waals surface area contributed by atoms with E-state index in [0.717, 1.165) is 6.07 Å². The van der Waals surface area contributed by atoms with Crippen molar-refractivity contribution >= 4 is 17.7 Å². The number of halogens is 3. The summed E-state index contributed by atoms with van der Waals surface area (Å²) in [7, 11) is 1.43. The zero-order valence-electron chi connectivity index (χ0n) is 10.4. The third-order valence-electron chi connectivity index (χ3n) is 2.06. The molecule has 0 spiro atoms. The van der Waals surface area contributed by atoms with Gasteiger partial charge in [0, 0.05) is 19.7 Å². The molecule has 1 rings (SSSR count). The molecule has 1 aromatic heterocycles. The number of hydrogen-bond donors (Lipinski definition) is 3. The van der Waals surface area contributed by atoms with Gasteiger partial charge in [-0.1, -0.05) is 0 Å². The highest BCUT2D eigenvalue weighted by molar-refractivity contribution is 5.80. The minimum atomic E-state index is -4.57. The van der Waals surface area contributed by atoms with Gasteiger partial charge in [0.1, 0.15) is 5.82 Å². The number of aromatic nitrogens is 2. The van der Waals surface area contributed by atoms with Gasteiger partial charge in [-0.3, -0.25) is 4.79 Å². The second kappa shape index (κ2) is 6.21. The van der Waals surface area contributed by atoms with Crippen molar-refractivity contribution in [3.8, 4) is 0 Å². The molecule has 19 heavy (non-hydrogen) atoms. The Kier molecular flexibility index (Phi) is 4.90. The molecule has 1 heterocycles. The molecule has 9 heteroatoms. The topological polar surface area (TPSA) is 78.9 Å². The first-order chi connectivity index (χ1) is 8.86. The zero-order valence-corrected chi connectivity index (χ0v) is 10.4. The minimum Gasteiger partial charge on any atom is -0.361 e. The van der Waals surface area contributed by atoms with Gasteiger partial charge in [-0.05, 0) is 6.92 Å². The smallest absolute Gasteiger partial charge is 0.361 e. The third-order valence-corrected chi connectivity index (χ3v) is 2.06. The van der Waals surface area contributed by atoms with Crippen molar-refractivity contribution in [2.45, 2.75) is 13.1 Å². The predicted molar refractivity (Wildman–Crippen MR) is 63.8 cm³/mol. The van der Waals surface area contributed by atoms with Crippen LogP contribution in [0.15, 0.2) is 6.07 Å². The molecule has 0 radical (unpaired) electrons. The molecule has 0 aromatic carbocycles. The van der Waals surface area contributed by atoms with Crippen molar-refractivity contribution in [1.29, 1.82) is 0 Å². The quantitative estimate of drug-likeness (QED) is 0.750. The molecule has 0 bridgehead atoms. The third kappa shape index (κ3) is 4.60. The van der Waals surface area contributed by atoms with E-state index in [1.165, 1.54) is 7.05 Å². The number of amides is 1. The molecule has 0 fully saturated rings. The highest BCUT2D eigenvalue weighted by Gasteiger charge is 2.33. The monoisotopic (exact) mass is 277 g/mol. The molecule has 0 atom stereocenters.